The first kappa shape index (κ1) is 12.2. The SMILES string of the molecule is CC(=O)c1cc(C2(C)CC2)nc(C(C)(C)C)n1. The molecule has 1 aromatic rings. The van der Waals surface area contributed by atoms with Gasteiger partial charge < -0.3 is 0 Å². The summed E-state index contributed by atoms with van der Waals surface area (Å²) >= 11 is 0. The number of Topliss-reactive ketones (excluding diaryl/α,β-unsaturated/α-hetero) is 1. The Bertz CT molecular complexity index is 444. The van der Waals surface area contributed by atoms with E-state index in [1.54, 1.807) is 6.92 Å². The van der Waals surface area contributed by atoms with E-state index in [-0.39, 0.29) is 16.6 Å². The molecule has 0 aliphatic heterocycles. The van der Waals surface area contributed by atoms with Gasteiger partial charge >= 0.3 is 0 Å². The molecule has 1 aliphatic rings. The van der Waals surface area contributed by atoms with E-state index in [1.807, 2.05) is 6.07 Å². The van der Waals surface area contributed by atoms with Gasteiger partial charge in [-0.1, -0.05) is 27.7 Å². The monoisotopic (exact) mass is 232 g/mol. The standard InChI is InChI=1S/C14H20N2O/c1-9(17)10-8-11(14(5)6-7-14)16-12(15-10)13(2,3)4/h8H,6-7H2,1-5H3. The van der Waals surface area contributed by atoms with E-state index in [1.165, 1.54) is 0 Å². The van der Waals surface area contributed by atoms with Crippen molar-refractivity contribution in [3.8, 4) is 0 Å². The lowest BCUT2D eigenvalue weighted by Gasteiger charge is -2.19. The Morgan fingerprint density at radius 2 is 1.88 bits per heavy atom. The van der Waals surface area contributed by atoms with Crippen molar-refractivity contribution in [2.75, 3.05) is 0 Å². The van der Waals surface area contributed by atoms with Crippen molar-refractivity contribution in [2.45, 2.75) is 58.3 Å². The highest BCUT2D eigenvalue weighted by molar-refractivity contribution is 5.92. The van der Waals surface area contributed by atoms with Crippen LogP contribution in [-0.2, 0) is 10.8 Å². The number of ketones is 1. The zero-order valence-corrected chi connectivity index (χ0v) is 11.3. The van der Waals surface area contributed by atoms with Gasteiger partial charge in [-0.3, -0.25) is 4.79 Å². The molecular formula is C14H20N2O. The number of nitrogens with zero attached hydrogens (tertiary/aromatic N) is 2. The van der Waals surface area contributed by atoms with E-state index in [2.05, 4.69) is 37.7 Å². The van der Waals surface area contributed by atoms with Crippen molar-refractivity contribution in [1.29, 1.82) is 0 Å². The van der Waals surface area contributed by atoms with Crippen LogP contribution in [-0.4, -0.2) is 15.8 Å². The fourth-order valence-corrected chi connectivity index (χ4v) is 1.72. The molecule has 0 unspecified atom stereocenters. The van der Waals surface area contributed by atoms with Gasteiger partial charge in [0.15, 0.2) is 5.78 Å². The Morgan fingerprint density at radius 3 is 2.29 bits per heavy atom. The molecule has 0 aromatic carbocycles. The van der Waals surface area contributed by atoms with Crippen molar-refractivity contribution in [2.24, 2.45) is 0 Å². The van der Waals surface area contributed by atoms with Crippen molar-refractivity contribution in [3.05, 3.63) is 23.3 Å². The van der Waals surface area contributed by atoms with Crippen molar-refractivity contribution in [1.82, 2.24) is 9.97 Å². The molecule has 2 rings (SSSR count). The predicted molar refractivity (Wildman–Crippen MR) is 67.3 cm³/mol. The lowest BCUT2D eigenvalue weighted by molar-refractivity contribution is 0.101. The van der Waals surface area contributed by atoms with Gasteiger partial charge in [0, 0.05) is 17.8 Å². The van der Waals surface area contributed by atoms with Crippen LogP contribution in [0, 0.1) is 0 Å². The van der Waals surface area contributed by atoms with Crippen LogP contribution in [0.5, 0.6) is 0 Å². The Morgan fingerprint density at radius 1 is 1.29 bits per heavy atom. The van der Waals surface area contributed by atoms with Gasteiger partial charge in [0.05, 0.1) is 5.69 Å². The first-order valence-electron chi connectivity index (χ1n) is 6.13. The van der Waals surface area contributed by atoms with Gasteiger partial charge in [-0.15, -0.1) is 0 Å². The van der Waals surface area contributed by atoms with Crippen LogP contribution in [0.3, 0.4) is 0 Å². The molecule has 1 saturated carbocycles. The second-order valence-corrected chi connectivity index (χ2v) is 6.33. The third-order valence-corrected chi connectivity index (χ3v) is 3.38. The summed E-state index contributed by atoms with van der Waals surface area (Å²) in [4.78, 5) is 20.6. The number of rotatable bonds is 2. The lowest BCUT2D eigenvalue weighted by Crippen LogP contribution is -2.21. The Labute approximate surface area is 103 Å². The van der Waals surface area contributed by atoms with Crippen LogP contribution in [0.2, 0.25) is 0 Å². The summed E-state index contributed by atoms with van der Waals surface area (Å²) in [5.41, 5.74) is 1.63. The summed E-state index contributed by atoms with van der Waals surface area (Å²) in [6, 6.07) is 1.87. The highest BCUT2D eigenvalue weighted by atomic mass is 16.1. The summed E-state index contributed by atoms with van der Waals surface area (Å²) in [6.07, 6.45) is 2.32. The number of carbonyl (C=O) groups excluding carboxylic acids is 1. The maximum absolute atomic E-state index is 11.5. The minimum atomic E-state index is -0.120. The van der Waals surface area contributed by atoms with E-state index >= 15 is 0 Å². The minimum Gasteiger partial charge on any atom is -0.293 e. The third kappa shape index (κ3) is 2.38. The van der Waals surface area contributed by atoms with Crippen LogP contribution >= 0.6 is 0 Å². The summed E-state index contributed by atoms with van der Waals surface area (Å²) in [5.74, 6) is 0.789. The van der Waals surface area contributed by atoms with Gasteiger partial charge in [0.1, 0.15) is 11.5 Å². The zero-order valence-electron chi connectivity index (χ0n) is 11.3. The second-order valence-electron chi connectivity index (χ2n) is 6.33. The Kier molecular flexibility index (Phi) is 2.60. The van der Waals surface area contributed by atoms with E-state index in [4.69, 9.17) is 0 Å². The van der Waals surface area contributed by atoms with Crippen LogP contribution in [0.25, 0.3) is 0 Å². The molecule has 0 bridgehead atoms. The minimum absolute atomic E-state index is 0.0170. The molecular weight excluding hydrogens is 212 g/mol. The molecule has 0 radical (unpaired) electrons. The highest BCUT2D eigenvalue weighted by Crippen LogP contribution is 2.47. The summed E-state index contributed by atoms with van der Waals surface area (Å²) in [5, 5.41) is 0. The Hall–Kier alpha value is -1.25. The first-order valence-corrected chi connectivity index (χ1v) is 6.13. The maximum atomic E-state index is 11.5. The van der Waals surface area contributed by atoms with E-state index in [0.717, 1.165) is 24.4 Å². The highest BCUT2D eigenvalue weighted by Gasteiger charge is 2.41. The largest absolute Gasteiger partial charge is 0.293 e. The predicted octanol–water partition coefficient (Wildman–Crippen LogP) is 3.03. The van der Waals surface area contributed by atoms with Crippen LogP contribution in [0.4, 0.5) is 0 Å². The number of carbonyl (C=O) groups is 1. The molecule has 1 heterocycles. The molecule has 1 fully saturated rings. The van der Waals surface area contributed by atoms with E-state index in [0.29, 0.717) is 5.69 Å². The van der Waals surface area contributed by atoms with E-state index in [9.17, 15) is 4.79 Å². The van der Waals surface area contributed by atoms with Crippen LogP contribution in [0.1, 0.15) is 69.5 Å². The molecule has 0 amide bonds. The first-order chi connectivity index (χ1) is 7.72. The molecule has 0 N–H and O–H groups in total. The molecule has 1 aliphatic carbocycles. The normalized spacial score (nSPS) is 17.9. The van der Waals surface area contributed by atoms with Crippen LogP contribution in [0.15, 0.2) is 6.07 Å². The zero-order chi connectivity index (χ0) is 12.8. The van der Waals surface area contributed by atoms with Gasteiger partial charge in [-0.2, -0.15) is 0 Å². The summed E-state index contributed by atoms with van der Waals surface area (Å²) < 4.78 is 0. The molecule has 3 heteroatoms. The smallest absolute Gasteiger partial charge is 0.178 e. The third-order valence-electron chi connectivity index (χ3n) is 3.38. The summed E-state index contributed by atoms with van der Waals surface area (Å²) in [6.45, 7) is 9.99. The fraction of sp³-hybridized carbons (Fsp3) is 0.643. The van der Waals surface area contributed by atoms with Gasteiger partial charge in [-0.25, -0.2) is 9.97 Å². The van der Waals surface area contributed by atoms with Gasteiger partial charge in [-0.05, 0) is 18.9 Å². The quantitative estimate of drug-likeness (QED) is 0.736. The molecule has 92 valence electrons. The van der Waals surface area contributed by atoms with E-state index < -0.39 is 0 Å². The maximum Gasteiger partial charge on any atom is 0.178 e. The van der Waals surface area contributed by atoms with Crippen molar-refractivity contribution in [3.63, 3.8) is 0 Å². The molecule has 0 atom stereocenters. The second kappa shape index (κ2) is 3.62. The molecule has 17 heavy (non-hydrogen) atoms. The number of aromatic nitrogens is 2. The molecule has 1 aromatic heterocycles. The Balaban J connectivity index is 2.54. The number of hydrogen-bond acceptors (Lipinski definition) is 3. The number of hydrogen-bond donors (Lipinski definition) is 0. The molecule has 3 nitrogen and oxygen atoms in total. The summed E-state index contributed by atoms with van der Waals surface area (Å²) in [7, 11) is 0. The van der Waals surface area contributed by atoms with Gasteiger partial charge in [0.25, 0.3) is 0 Å². The van der Waals surface area contributed by atoms with Gasteiger partial charge in [0.2, 0.25) is 0 Å². The molecule has 0 saturated heterocycles. The lowest BCUT2D eigenvalue weighted by atomic mass is 9.94. The van der Waals surface area contributed by atoms with Crippen molar-refractivity contribution < 1.29 is 4.79 Å². The van der Waals surface area contributed by atoms with Crippen molar-refractivity contribution >= 4 is 5.78 Å². The topological polar surface area (TPSA) is 42.9 Å². The fourth-order valence-electron chi connectivity index (χ4n) is 1.72. The average Bonchev–Trinajstić information content (AvgIpc) is 2.96. The average molecular weight is 232 g/mol. The van der Waals surface area contributed by atoms with Crippen LogP contribution < -0.4 is 0 Å². The molecule has 0 spiro atoms.